The minimum atomic E-state index is -0.839. The molecule has 0 spiro atoms. The van der Waals surface area contributed by atoms with Crippen molar-refractivity contribution in [2.75, 3.05) is 11.9 Å². The van der Waals surface area contributed by atoms with Crippen molar-refractivity contribution in [3.8, 4) is 0 Å². The first-order valence-electron chi connectivity index (χ1n) is 7.81. The maximum Gasteiger partial charge on any atom is 0.303 e. The topological polar surface area (TPSA) is 88.5 Å². The SMILES string of the molecule is O=C(O)CCc1cccc(NC(=O)c2csc(C3CCCO3)n2)c1. The van der Waals surface area contributed by atoms with Gasteiger partial charge in [0.2, 0.25) is 0 Å². The molecular formula is C17H18N2O4S. The molecule has 1 aromatic heterocycles. The lowest BCUT2D eigenvalue weighted by Gasteiger charge is -2.06. The van der Waals surface area contributed by atoms with Gasteiger partial charge in [-0.1, -0.05) is 12.1 Å². The third-order valence-electron chi connectivity index (χ3n) is 3.77. The minimum absolute atomic E-state index is 0.0101. The van der Waals surface area contributed by atoms with Gasteiger partial charge in [-0.05, 0) is 37.0 Å². The number of nitrogens with zero attached hydrogens (tertiary/aromatic N) is 1. The summed E-state index contributed by atoms with van der Waals surface area (Å²) in [4.78, 5) is 27.3. The van der Waals surface area contributed by atoms with Gasteiger partial charge in [0.05, 0.1) is 0 Å². The van der Waals surface area contributed by atoms with E-state index < -0.39 is 5.97 Å². The number of anilines is 1. The molecule has 126 valence electrons. The molecule has 6 nitrogen and oxygen atoms in total. The van der Waals surface area contributed by atoms with Crippen LogP contribution in [0.4, 0.5) is 5.69 Å². The highest BCUT2D eigenvalue weighted by molar-refractivity contribution is 7.09. The number of hydrogen-bond donors (Lipinski definition) is 2. The normalized spacial score (nSPS) is 16.9. The van der Waals surface area contributed by atoms with E-state index in [-0.39, 0.29) is 18.4 Å². The number of carbonyl (C=O) groups excluding carboxylic acids is 1. The third-order valence-corrected chi connectivity index (χ3v) is 4.71. The average molecular weight is 346 g/mol. The molecule has 0 aliphatic carbocycles. The van der Waals surface area contributed by atoms with E-state index in [2.05, 4.69) is 10.3 Å². The van der Waals surface area contributed by atoms with E-state index in [1.807, 2.05) is 6.07 Å². The smallest absolute Gasteiger partial charge is 0.303 e. The van der Waals surface area contributed by atoms with Crippen LogP contribution in [-0.4, -0.2) is 28.6 Å². The van der Waals surface area contributed by atoms with Gasteiger partial charge in [-0.2, -0.15) is 0 Å². The fourth-order valence-electron chi connectivity index (χ4n) is 2.56. The maximum absolute atomic E-state index is 12.3. The van der Waals surface area contributed by atoms with Gasteiger partial charge in [-0.25, -0.2) is 4.98 Å². The highest BCUT2D eigenvalue weighted by Gasteiger charge is 2.22. The number of carbonyl (C=O) groups is 2. The molecular weight excluding hydrogens is 328 g/mol. The summed E-state index contributed by atoms with van der Waals surface area (Å²) >= 11 is 1.44. The lowest BCUT2D eigenvalue weighted by atomic mass is 10.1. The van der Waals surface area contributed by atoms with E-state index in [1.54, 1.807) is 23.6 Å². The zero-order valence-corrected chi connectivity index (χ0v) is 13.8. The van der Waals surface area contributed by atoms with E-state index in [0.717, 1.165) is 30.0 Å². The number of hydrogen-bond acceptors (Lipinski definition) is 5. The van der Waals surface area contributed by atoms with Crippen molar-refractivity contribution < 1.29 is 19.4 Å². The van der Waals surface area contributed by atoms with Crippen molar-refractivity contribution in [2.24, 2.45) is 0 Å². The van der Waals surface area contributed by atoms with Crippen molar-refractivity contribution in [3.05, 3.63) is 45.9 Å². The molecule has 24 heavy (non-hydrogen) atoms. The van der Waals surface area contributed by atoms with Crippen LogP contribution in [-0.2, 0) is 16.0 Å². The molecule has 7 heteroatoms. The lowest BCUT2D eigenvalue weighted by Crippen LogP contribution is -2.13. The number of benzene rings is 1. The summed E-state index contributed by atoms with van der Waals surface area (Å²) in [6.45, 7) is 0.745. The number of aromatic nitrogens is 1. The Morgan fingerprint density at radius 3 is 3.04 bits per heavy atom. The number of rotatable bonds is 6. The molecule has 0 saturated carbocycles. The Hall–Kier alpha value is -2.25. The number of carboxylic acid groups (broad SMARTS) is 1. The van der Waals surface area contributed by atoms with Crippen LogP contribution >= 0.6 is 11.3 Å². The Bertz CT molecular complexity index is 738. The van der Waals surface area contributed by atoms with E-state index >= 15 is 0 Å². The molecule has 1 aliphatic rings. The van der Waals surface area contributed by atoms with Crippen molar-refractivity contribution >= 4 is 28.9 Å². The van der Waals surface area contributed by atoms with Crippen molar-refractivity contribution in [1.82, 2.24) is 4.98 Å². The highest BCUT2D eigenvalue weighted by Crippen LogP contribution is 2.30. The molecule has 2 heterocycles. The van der Waals surface area contributed by atoms with Gasteiger partial charge >= 0.3 is 5.97 Å². The molecule has 1 unspecified atom stereocenters. The number of ether oxygens (including phenoxy) is 1. The molecule has 0 bridgehead atoms. The van der Waals surface area contributed by atoms with Crippen molar-refractivity contribution in [2.45, 2.75) is 31.8 Å². The Morgan fingerprint density at radius 1 is 1.42 bits per heavy atom. The first kappa shape index (κ1) is 16.6. The Labute approximate surface area is 143 Å². The first-order chi connectivity index (χ1) is 11.6. The predicted molar refractivity (Wildman–Crippen MR) is 90.4 cm³/mol. The molecule has 1 fully saturated rings. The fraction of sp³-hybridized carbons (Fsp3) is 0.353. The fourth-order valence-corrected chi connectivity index (χ4v) is 3.44. The van der Waals surface area contributed by atoms with Crippen LogP contribution in [0.2, 0.25) is 0 Å². The van der Waals surface area contributed by atoms with Crippen LogP contribution in [0.5, 0.6) is 0 Å². The lowest BCUT2D eigenvalue weighted by molar-refractivity contribution is -0.136. The Balaban J connectivity index is 1.64. The standard InChI is InChI=1S/C17H18N2O4S/c20-15(21)7-6-11-3-1-4-12(9-11)18-16(22)13-10-24-17(19-13)14-5-2-8-23-14/h1,3-4,9-10,14H,2,5-8H2,(H,18,22)(H,20,21). The largest absolute Gasteiger partial charge is 0.481 e. The second kappa shape index (κ2) is 7.55. The predicted octanol–water partition coefficient (Wildman–Crippen LogP) is 3.26. The molecule has 1 saturated heterocycles. The zero-order chi connectivity index (χ0) is 16.9. The number of thiazole rings is 1. The molecule has 3 rings (SSSR count). The van der Waals surface area contributed by atoms with Gasteiger partial charge < -0.3 is 15.2 Å². The summed E-state index contributed by atoms with van der Waals surface area (Å²) in [6, 6.07) is 7.20. The van der Waals surface area contributed by atoms with Crippen LogP contribution in [0.1, 0.15) is 46.4 Å². The number of amides is 1. The van der Waals surface area contributed by atoms with Crippen molar-refractivity contribution in [1.29, 1.82) is 0 Å². The summed E-state index contributed by atoms with van der Waals surface area (Å²) < 4.78 is 5.58. The summed E-state index contributed by atoms with van der Waals surface area (Å²) in [5, 5.41) is 14.1. The van der Waals surface area contributed by atoms with Crippen molar-refractivity contribution in [3.63, 3.8) is 0 Å². The molecule has 2 aromatic rings. The molecule has 1 amide bonds. The summed E-state index contributed by atoms with van der Waals surface area (Å²) in [6.07, 6.45) is 2.47. The summed E-state index contributed by atoms with van der Waals surface area (Å²) in [7, 11) is 0. The summed E-state index contributed by atoms with van der Waals surface area (Å²) in [5.74, 6) is -1.11. The van der Waals surface area contributed by atoms with Gasteiger partial charge in [-0.15, -0.1) is 11.3 Å². The van der Waals surface area contributed by atoms with Gasteiger partial charge in [0.25, 0.3) is 5.91 Å². The second-order valence-corrected chi connectivity index (χ2v) is 6.51. The van der Waals surface area contributed by atoms with Gasteiger partial charge in [-0.3, -0.25) is 9.59 Å². The van der Waals surface area contributed by atoms with Crippen LogP contribution < -0.4 is 5.32 Å². The number of aryl methyl sites for hydroxylation is 1. The molecule has 1 atom stereocenters. The Morgan fingerprint density at radius 2 is 2.29 bits per heavy atom. The van der Waals surface area contributed by atoms with E-state index in [9.17, 15) is 9.59 Å². The molecule has 1 aromatic carbocycles. The number of carboxylic acids is 1. The van der Waals surface area contributed by atoms with Gasteiger partial charge in [0, 0.05) is 24.1 Å². The Kier molecular flexibility index (Phi) is 5.22. The minimum Gasteiger partial charge on any atom is -0.481 e. The van der Waals surface area contributed by atoms with Crippen LogP contribution in [0.15, 0.2) is 29.6 Å². The zero-order valence-electron chi connectivity index (χ0n) is 13.0. The third kappa shape index (κ3) is 4.18. The molecule has 2 N–H and O–H groups in total. The first-order valence-corrected chi connectivity index (χ1v) is 8.69. The van der Waals surface area contributed by atoms with Gasteiger partial charge in [0.15, 0.2) is 0 Å². The maximum atomic E-state index is 12.3. The molecule has 1 aliphatic heterocycles. The monoisotopic (exact) mass is 346 g/mol. The average Bonchev–Trinajstić information content (AvgIpc) is 3.24. The van der Waals surface area contributed by atoms with E-state index in [4.69, 9.17) is 9.84 Å². The van der Waals surface area contributed by atoms with Gasteiger partial charge in [0.1, 0.15) is 16.8 Å². The quantitative estimate of drug-likeness (QED) is 0.838. The second-order valence-electron chi connectivity index (χ2n) is 5.62. The highest BCUT2D eigenvalue weighted by atomic mass is 32.1. The van der Waals surface area contributed by atoms with Crippen LogP contribution in [0.3, 0.4) is 0 Å². The molecule has 0 radical (unpaired) electrons. The number of nitrogens with one attached hydrogen (secondary N) is 1. The number of aliphatic carboxylic acids is 1. The summed E-state index contributed by atoms with van der Waals surface area (Å²) in [5.41, 5.74) is 1.88. The van der Waals surface area contributed by atoms with E-state index in [1.165, 1.54) is 11.3 Å². The van der Waals surface area contributed by atoms with E-state index in [0.29, 0.717) is 17.8 Å². The van der Waals surface area contributed by atoms with Crippen LogP contribution in [0, 0.1) is 0 Å². The van der Waals surface area contributed by atoms with Crippen LogP contribution in [0.25, 0.3) is 0 Å².